The van der Waals surface area contributed by atoms with Crippen LogP contribution in [0, 0.1) is 18.8 Å². The van der Waals surface area contributed by atoms with E-state index in [1.165, 1.54) is 34.1 Å². The Hall–Kier alpha value is -3.89. The molecule has 9 nitrogen and oxygen atoms in total. The highest BCUT2D eigenvalue weighted by Gasteiger charge is 2.35. The molecule has 222 valence electrons. The molecule has 4 aromatic heterocycles. The fourth-order valence-corrected chi connectivity index (χ4v) is 7.68. The molecule has 0 bridgehead atoms. The van der Waals surface area contributed by atoms with Crippen LogP contribution in [-0.2, 0) is 36.1 Å². The maximum Gasteiger partial charge on any atom is 0.306 e. The molecule has 0 saturated heterocycles. The van der Waals surface area contributed by atoms with Crippen molar-refractivity contribution in [1.29, 1.82) is 0 Å². The summed E-state index contributed by atoms with van der Waals surface area (Å²) in [5.74, 6) is 0.940. The summed E-state index contributed by atoms with van der Waals surface area (Å²) in [5.41, 5.74) is 7.92. The molecule has 1 unspecified atom stereocenters. The molecule has 43 heavy (non-hydrogen) atoms. The summed E-state index contributed by atoms with van der Waals surface area (Å²) in [7, 11) is 1.83. The Bertz CT molecular complexity index is 1830. The minimum atomic E-state index is -0.247. The number of aryl methyl sites for hydroxylation is 2. The number of esters is 1. The Morgan fingerprint density at radius 2 is 2.07 bits per heavy atom. The molecule has 1 aliphatic heterocycles. The monoisotopic (exact) mass is 596 g/mol. The van der Waals surface area contributed by atoms with E-state index in [0.717, 1.165) is 59.0 Å². The fraction of sp³-hybridized carbons (Fsp3) is 0.424. The molecular formula is C33H36N6O3S. The molecule has 0 radical (unpaired) electrons. The van der Waals surface area contributed by atoms with Crippen molar-refractivity contribution in [3.63, 3.8) is 0 Å². The van der Waals surface area contributed by atoms with Crippen LogP contribution in [-0.4, -0.2) is 54.1 Å². The van der Waals surface area contributed by atoms with Gasteiger partial charge in [-0.1, -0.05) is 17.3 Å². The van der Waals surface area contributed by atoms with Gasteiger partial charge in [-0.3, -0.25) is 9.69 Å². The first-order chi connectivity index (χ1) is 20.9. The number of hydrogen-bond donors (Lipinski definition) is 1. The Balaban J connectivity index is 1.29. The van der Waals surface area contributed by atoms with Crippen LogP contribution in [0.2, 0.25) is 0 Å². The molecule has 2 aliphatic rings. The number of hydrogen-bond acceptors (Lipinski definition) is 9. The standard InChI is InChI=1S/C33H36N6O3S/c1-4-42-30(41)14-26(27-15-34-33-31(19(27)2)36-37-38(33)3)23-12-22-9-10-43-32(22)25(13-23)17-39-16-24(20-5-6-20)11-21-7-8-29(40)35-28(21)18-39/h7-10,12-13,15,20,24,26H,4-6,11,14,16-18H2,1-3H3,(H,35,40)/t24?,26-/m1/s1. The van der Waals surface area contributed by atoms with Gasteiger partial charge in [0.05, 0.1) is 18.7 Å². The van der Waals surface area contributed by atoms with Crippen LogP contribution < -0.4 is 0 Å². The lowest BCUT2D eigenvalue weighted by molar-refractivity contribution is -0.143. The average Bonchev–Trinajstić information content (AvgIpc) is 3.64. The number of fused-ring (bicyclic) bond motifs is 3. The largest absolute Gasteiger partial charge is 0.493 e. The van der Waals surface area contributed by atoms with Crippen molar-refractivity contribution in [3.8, 4) is 5.88 Å². The van der Waals surface area contributed by atoms with E-state index in [4.69, 9.17) is 9.72 Å². The van der Waals surface area contributed by atoms with E-state index in [1.807, 2.05) is 27.1 Å². The number of nitrogens with zero attached hydrogens (tertiary/aromatic N) is 6. The van der Waals surface area contributed by atoms with Gasteiger partial charge in [-0.25, -0.2) is 14.6 Å². The summed E-state index contributed by atoms with van der Waals surface area (Å²) in [5, 5.41) is 22.0. The summed E-state index contributed by atoms with van der Waals surface area (Å²) in [6.45, 7) is 6.66. The molecule has 2 atom stereocenters. The van der Waals surface area contributed by atoms with E-state index in [1.54, 1.807) is 22.1 Å². The van der Waals surface area contributed by atoms with Gasteiger partial charge in [0.2, 0.25) is 5.88 Å². The number of benzene rings is 1. The van der Waals surface area contributed by atoms with E-state index >= 15 is 0 Å². The van der Waals surface area contributed by atoms with E-state index < -0.39 is 0 Å². The lowest BCUT2D eigenvalue weighted by Crippen LogP contribution is -2.28. The molecule has 1 aromatic carbocycles. The molecule has 5 aromatic rings. The van der Waals surface area contributed by atoms with Crippen LogP contribution in [0.3, 0.4) is 0 Å². The quantitative estimate of drug-likeness (QED) is 0.229. The zero-order valence-electron chi connectivity index (χ0n) is 24.8. The number of aromatic hydroxyl groups is 1. The second-order valence-electron chi connectivity index (χ2n) is 12.1. The Labute approximate surface area is 254 Å². The molecule has 7 rings (SSSR count). The first-order valence-electron chi connectivity index (χ1n) is 15.1. The lowest BCUT2D eigenvalue weighted by Gasteiger charge is -2.26. The van der Waals surface area contributed by atoms with Crippen molar-refractivity contribution in [2.75, 3.05) is 13.2 Å². The second kappa shape index (κ2) is 11.3. The van der Waals surface area contributed by atoms with Crippen LogP contribution in [0.1, 0.15) is 65.6 Å². The maximum absolute atomic E-state index is 13.0. The third-order valence-electron chi connectivity index (χ3n) is 9.10. The van der Waals surface area contributed by atoms with Gasteiger partial charge in [0, 0.05) is 49.6 Å². The summed E-state index contributed by atoms with van der Waals surface area (Å²) in [4.78, 5) is 24.7. The molecule has 5 heterocycles. The summed E-state index contributed by atoms with van der Waals surface area (Å²) in [6, 6.07) is 10.4. The molecule has 10 heteroatoms. The zero-order valence-corrected chi connectivity index (χ0v) is 25.6. The predicted molar refractivity (Wildman–Crippen MR) is 166 cm³/mol. The Morgan fingerprint density at radius 3 is 2.88 bits per heavy atom. The summed E-state index contributed by atoms with van der Waals surface area (Å²) in [6.07, 6.45) is 5.68. The first kappa shape index (κ1) is 27.9. The predicted octanol–water partition coefficient (Wildman–Crippen LogP) is 5.66. The zero-order chi connectivity index (χ0) is 29.7. The van der Waals surface area contributed by atoms with Gasteiger partial charge in [0.25, 0.3) is 0 Å². The molecular weight excluding hydrogens is 560 g/mol. The molecule has 1 saturated carbocycles. The van der Waals surface area contributed by atoms with Gasteiger partial charge in [0.1, 0.15) is 5.52 Å². The summed E-state index contributed by atoms with van der Waals surface area (Å²) >= 11 is 1.75. The van der Waals surface area contributed by atoms with Gasteiger partial charge < -0.3 is 9.84 Å². The third-order valence-corrected chi connectivity index (χ3v) is 10.1. The van der Waals surface area contributed by atoms with Gasteiger partial charge in [0.15, 0.2) is 5.65 Å². The minimum absolute atomic E-state index is 0.0806. The number of carbonyl (C=O) groups excluding carboxylic acids is 1. The van der Waals surface area contributed by atoms with E-state index in [9.17, 15) is 9.90 Å². The highest BCUT2D eigenvalue weighted by molar-refractivity contribution is 7.17. The number of carbonyl (C=O) groups is 1. The van der Waals surface area contributed by atoms with Crippen molar-refractivity contribution < 1.29 is 14.6 Å². The molecule has 0 amide bonds. The SMILES string of the molecule is CCOC(=O)C[C@H](c1cc(CN2Cc3nc(O)ccc3CC(C3CC3)C2)c2sccc2c1)c1cnc2c(nnn2C)c1C. The van der Waals surface area contributed by atoms with E-state index in [0.29, 0.717) is 19.1 Å². The molecule has 1 aliphatic carbocycles. The Morgan fingerprint density at radius 1 is 1.21 bits per heavy atom. The van der Waals surface area contributed by atoms with Gasteiger partial charge in [-0.2, -0.15) is 0 Å². The van der Waals surface area contributed by atoms with Crippen LogP contribution in [0.25, 0.3) is 21.3 Å². The van der Waals surface area contributed by atoms with Crippen molar-refractivity contribution in [2.45, 2.75) is 58.5 Å². The number of aromatic nitrogens is 5. The van der Waals surface area contributed by atoms with Crippen LogP contribution >= 0.6 is 11.3 Å². The van der Waals surface area contributed by atoms with E-state index in [2.05, 4.69) is 49.8 Å². The molecule has 1 N–H and O–H groups in total. The number of ether oxygens (including phenoxy) is 1. The topological polar surface area (TPSA) is 106 Å². The second-order valence-corrected chi connectivity index (χ2v) is 13.0. The average molecular weight is 597 g/mol. The number of thiophene rings is 1. The van der Waals surface area contributed by atoms with Crippen LogP contribution in [0.4, 0.5) is 0 Å². The first-order valence-corrected chi connectivity index (χ1v) is 16.0. The van der Waals surface area contributed by atoms with Crippen LogP contribution in [0.15, 0.2) is 41.9 Å². The lowest BCUT2D eigenvalue weighted by atomic mass is 9.85. The summed E-state index contributed by atoms with van der Waals surface area (Å²) < 4.78 is 8.37. The van der Waals surface area contributed by atoms with Crippen molar-refractivity contribution in [3.05, 3.63) is 75.4 Å². The van der Waals surface area contributed by atoms with Gasteiger partial charge >= 0.3 is 5.97 Å². The van der Waals surface area contributed by atoms with Crippen molar-refractivity contribution in [2.24, 2.45) is 18.9 Å². The highest BCUT2D eigenvalue weighted by Crippen LogP contribution is 2.42. The smallest absolute Gasteiger partial charge is 0.306 e. The van der Waals surface area contributed by atoms with E-state index in [-0.39, 0.29) is 24.2 Å². The van der Waals surface area contributed by atoms with Gasteiger partial charge in [-0.15, -0.1) is 16.4 Å². The highest BCUT2D eigenvalue weighted by atomic mass is 32.1. The van der Waals surface area contributed by atoms with Gasteiger partial charge in [-0.05, 0) is 95.7 Å². The molecule has 1 fully saturated rings. The maximum atomic E-state index is 13.0. The normalized spacial score (nSPS) is 18.1. The fourth-order valence-electron chi connectivity index (χ4n) is 6.79. The Kier molecular flexibility index (Phi) is 7.34. The van der Waals surface area contributed by atoms with Crippen LogP contribution in [0.5, 0.6) is 5.88 Å². The third kappa shape index (κ3) is 5.49. The minimum Gasteiger partial charge on any atom is -0.493 e. The van der Waals surface area contributed by atoms with Crippen molar-refractivity contribution in [1.82, 2.24) is 29.9 Å². The number of pyridine rings is 2. The van der Waals surface area contributed by atoms with Crippen molar-refractivity contribution >= 4 is 38.6 Å². The molecule has 0 spiro atoms. The number of rotatable bonds is 8.